The van der Waals surface area contributed by atoms with E-state index in [1.807, 2.05) is 0 Å². The van der Waals surface area contributed by atoms with E-state index < -0.39 is 0 Å². The molecule has 0 N–H and O–H groups in total. The number of rotatable bonds is 8. The van der Waals surface area contributed by atoms with Crippen LogP contribution in [-0.4, -0.2) is 49.5 Å². The Labute approximate surface area is 211 Å². The minimum absolute atomic E-state index is 0.198. The SMILES string of the molecule is CC(C)CCC[C@@H](C)[C@H]1CC[C@H]2[C@@H]3CC=C4N(CC[N+](C)(C)C)C(=O)CC[C@]4(C)[C@H]3CC[C@]12C. The predicted molar refractivity (Wildman–Crippen MR) is 143 cm³/mol. The van der Waals surface area contributed by atoms with E-state index in [1.165, 1.54) is 57.1 Å². The van der Waals surface area contributed by atoms with Crippen molar-refractivity contribution in [3.63, 3.8) is 0 Å². The summed E-state index contributed by atoms with van der Waals surface area (Å²) in [5.74, 6) is 5.46. The number of piperidine rings is 1. The number of amides is 1. The molecule has 3 heteroatoms. The van der Waals surface area contributed by atoms with Crippen LogP contribution >= 0.6 is 0 Å². The molecule has 1 amide bonds. The van der Waals surface area contributed by atoms with Gasteiger partial charge in [-0.15, -0.1) is 0 Å². The number of hydrogen-bond donors (Lipinski definition) is 0. The van der Waals surface area contributed by atoms with E-state index in [4.69, 9.17) is 0 Å². The number of allylic oxidation sites excluding steroid dienone is 2. The maximum atomic E-state index is 13.0. The summed E-state index contributed by atoms with van der Waals surface area (Å²) in [6, 6.07) is 0. The first-order valence-electron chi connectivity index (χ1n) is 14.7. The summed E-state index contributed by atoms with van der Waals surface area (Å²) in [6.45, 7) is 14.4. The number of hydrogen-bond acceptors (Lipinski definition) is 1. The Balaban J connectivity index is 1.52. The molecule has 0 aromatic carbocycles. The maximum Gasteiger partial charge on any atom is 0.226 e. The Kier molecular flexibility index (Phi) is 7.38. The number of nitrogens with zero attached hydrogens (tertiary/aromatic N) is 2. The van der Waals surface area contributed by atoms with E-state index in [0.29, 0.717) is 11.3 Å². The van der Waals surface area contributed by atoms with E-state index >= 15 is 0 Å². The van der Waals surface area contributed by atoms with Gasteiger partial charge in [0.2, 0.25) is 5.91 Å². The van der Waals surface area contributed by atoms with Crippen LogP contribution in [0.3, 0.4) is 0 Å². The van der Waals surface area contributed by atoms with E-state index in [2.05, 4.69) is 66.7 Å². The molecule has 1 aliphatic heterocycles. The number of likely N-dealkylation sites (tertiary alicyclic amines) is 1. The van der Waals surface area contributed by atoms with E-state index in [0.717, 1.165) is 65.9 Å². The average Bonchev–Trinajstić information content (AvgIpc) is 3.09. The zero-order valence-corrected chi connectivity index (χ0v) is 23.8. The van der Waals surface area contributed by atoms with Crippen molar-refractivity contribution in [2.24, 2.45) is 46.3 Å². The lowest BCUT2D eigenvalue weighted by atomic mass is 9.48. The lowest BCUT2D eigenvalue weighted by Gasteiger charge is -2.59. The molecule has 0 bridgehead atoms. The molecule has 0 unspecified atom stereocenters. The number of carbonyl (C=O) groups is 1. The summed E-state index contributed by atoms with van der Waals surface area (Å²) in [4.78, 5) is 15.2. The molecule has 0 aromatic heterocycles. The summed E-state index contributed by atoms with van der Waals surface area (Å²) in [7, 11) is 6.71. The maximum absolute atomic E-state index is 13.0. The Morgan fingerprint density at radius 1 is 1.03 bits per heavy atom. The molecule has 7 atom stereocenters. The molecule has 1 heterocycles. The van der Waals surface area contributed by atoms with E-state index in [-0.39, 0.29) is 5.41 Å². The molecule has 34 heavy (non-hydrogen) atoms. The summed E-state index contributed by atoms with van der Waals surface area (Å²) in [6.07, 6.45) is 15.5. The van der Waals surface area contributed by atoms with Crippen LogP contribution in [0.5, 0.6) is 0 Å². The van der Waals surface area contributed by atoms with Gasteiger partial charge in [0.05, 0.1) is 34.2 Å². The summed E-state index contributed by atoms with van der Waals surface area (Å²) in [5, 5.41) is 0. The van der Waals surface area contributed by atoms with Crippen molar-refractivity contribution in [2.75, 3.05) is 34.2 Å². The van der Waals surface area contributed by atoms with Crippen molar-refractivity contribution in [1.82, 2.24) is 4.90 Å². The van der Waals surface area contributed by atoms with Crippen molar-refractivity contribution in [3.05, 3.63) is 11.8 Å². The minimum Gasteiger partial charge on any atom is -0.329 e. The Morgan fingerprint density at radius 3 is 2.44 bits per heavy atom. The van der Waals surface area contributed by atoms with Crippen molar-refractivity contribution < 1.29 is 9.28 Å². The highest BCUT2D eigenvalue weighted by Crippen LogP contribution is 2.67. The first kappa shape index (κ1) is 26.2. The second-order valence-corrected chi connectivity index (χ2v) is 14.7. The second-order valence-electron chi connectivity index (χ2n) is 14.7. The Hall–Kier alpha value is -0.830. The lowest BCUT2D eigenvalue weighted by Crippen LogP contribution is -2.55. The normalized spacial score (nSPS) is 38.9. The van der Waals surface area contributed by atoms with Crippen LogP contribution in [0.2, 0.25) is 0 Å². The number of quaternary nitrogens is 1. The molecule has 2 saturated carbocycles. The third-order valence-corrected chi connectivity index (χ3v) is 11.1. The van der Waals surface area contributed by atoms with Crippen LogP contribution in [0, 0.1) is 46.3 Å². The number of likely N-dealkylation sites (N-methyl/N-ethyl adjacent to an activating group) is 1. The predicted octanol–water partition coefficient (Wildman–Crippen LogP) is 7.13. The largest absolute Gasteiger partial charge is 0.329 e. The van der Waals surface area contributed by atoms with Gasteiger partial charge in [0, 0.05) is 17.5 Å². The number of fused-ring (bicyclic) bond motifs is 5. The molecular formula is C31H55N2O+. The number of carbonyl (C=O) groups excluding carboxylic acids is 1. The fraction of sp³-hybridized carbons (Fsp3) is 0.903. The lowest BCUT2D eigenvalue weighted by molar-refractivity contribution is -0.869. The van der Waals surface area contributed by atoms with Crippen molar-refractivity contribution in [1.29, 1.82) is 0 Å². The van der Waals surface area contributed by atoms with Gasteiger partial charge in [0.15, 0.2) is 0 Å². The van der Waals surface area contributed by atoms with Gasteiger partial charge in [0.25, 0.3) is 0 Å². The molecule has 1 saturated heterocycles. The third-order valence-electron chi connectivity index (χ3n) is 11.1. The molecule has 0 spiro atoms. The molecule has 4 rings (SSSR count). The van der Waals surface area contributed by atoms with E-state index in [9.17, 15) is 4.79 Å². The van der Waals surface area contributed by atoms with Gasteiger partial charge < -0.3 is 9.38 Å². The van der Waals surface area contributed by atoms with Crippen LogP contribution in [0.25, 0.3) is 0 Å². The highest BCUT2D eigenvalue weighted by Gasteiger charge is 2.60. The molecule has 3 aliphatic carbocycles. The smallest absolute Gasteiger partial charge is 0.226 e. The summed E-state index contributed by atoms with van der Waals surface area (Å²) < 4.78 is 0.914. The van der Waals surface area contributed by atoms with Gasteiger partial charge >= 0.3 is 0 Å². The first-order valence-corrected chi connectivity index (χ1v) is 14.7. The van der Waals surface area contributed by atoms with Crippen LogP contribution in [-0.2, 0) is 4.79 Å². The molecule has 4 aliphatic rings. The third kappa shape index (κ3) is 4.76. The summed E-state index contributed by atoms with van der Waals surface area (Å²) >= 11 is 0. The van der Waals surface area contributed by atoms with Gasteiger partial charge in [-0.3, -0.25) is 4.79 Å². The van der Waals surface area contributed by atoms with Crippen molar-refractivity contribution in [3.8, 4) is 0 Å². The minimum atomic E-state index is 0.198. The van der Waals surface area contributed by atoms with Crippen molar-refractivity contribution in [2.45, 2.75) is 98.8 Å². The van der Waals surface area contributed by atoms with Gasteiger partial charge in [-0.2, -0.15) is 0 Å². The van der Waals surface area contributed by atoms with Gasteiger partial charge in [-0.1, -0.05) is 60.0 Å². The molecular weight excluding hydrogens is 416 g/mol. The standard InChI is InChI=1S/C31H55N2O/c1-22(2)10-9-11-23(3)25-13-14-26-24-12-15-28-31(5,27(24)16-18-30(25,26)4)19-17-29(34)32(28)20-21-33(6,7)8/h15,22-27H,9-14,16-21H2,1-8H3/q+1/t23-,24+,25-,26+,27+,30-,31-/m1/s1. The van der Waals surface area contributed by atoms with E-state index in [1.54, 1.807) is 0 Å². The van der Waals surface area contributed by atoms with Crippen LogP contribution in [0.4, 0.5) is 0 Å². The highest BCUT2D eigenvalue weighted by atomic mass is 16.2. The summed E-state index contributed by atoms with van der Waals surface area (Å²) in [5.41, 5.74) is 2.14. The van der Waals surface area contributed by atoms with Crippen LogP contribution in [0.1, 0.15) is 98.8 Å². The molecule has 3 fully saturated rings. The Bertz CT molecular complexity index is 779. The zero-order chi connectivity index (χ0) is 24.9. The molecule has 0 aromatic rings. The second kappa shape index (κ2) is 9.56. The fourth-order valence-electron chi connectivity index (χ4n) is 9.12. The molecule has 3 nitrogen and oxygen atoms in total. The van der Waals surface area contributed by atoms with Gasteiger partial charge in [-0.05, 0) is 79.4 Å². The van der Waals surface area contributed by atoms with Gasteiger partial charge in [-0.25, -0.2) is 0 Å². The fourth-order valence-corrected chi connectivity index (χ4v) is 9.12. The Morgan fingerprint density at radius 2 is 1.76 bits per heavy atom. The average molecular weight is 472 g/mol. The molecule has 0 radical (unpaired) electrons. The highest BCUT2D eigenvalue weighted by molar-refractivity contribution is 5.80. The topological polar surface area (TPSA) is 20.3 Å². The van der Waals surface area contributed by atoms with Crippen LogP contribution < -0.4 is 0 Å². The monoisotopic (exact) mass is 471 g/mol. The zero-order valence-electron chi connectivity index (χ0n) is 23.8. The first-order chi connectivity index (χ1) is 15.9. The van der Waals surface area contributed by atoms with Crippen LogP contribution in [0.15, 0.2) is 11.8 Å². The quantitative estimate of drug-likeness (QED) is 0.345. The van der Waals surface area contributed by atoms with Crippen molar-refractivity contribution >= 4 is 5.91 Å². The van der Waals surface area contributed by atoms with Gasteiger partial charge in [0.1, 0.15) is 0 Å². The molecule has 194 valence electrons.